The lowest BCUT2D eigenvalue weighted by Gasteiger charge is -2.06. The number of amides is 1. The number of carbonyl (C=O) groups is 1. The molecule has 1 aliphatic carbocycles. The lowest BCUT2D eigenvalue weighted by Crippen LogP contribution is -2.15. The van der Waals surface area contributed by atoms with Gasteiger partial charge in [0.15, 0.2) is 5.13 Å². The van der Waals surface area contributed by atoms with Crippen LogP contribution in [0.25, 0.3) is 0 Å². The van der Waals surface area contributed by atoms with Gasteiger partial charge in [-0.2, -0.15) is 0 Å². The van der Waals surface area contributed by atoms with Gasteiger partial charge in [0, 0.05) is 18.0 Å². The fraction of sp³-hybridized carbons (Fsp3) is 0.385. The Morgan fingerprint density at radius 3 is 2.90 bits per heavy atom. The van der Waals surface area contributed by atoms with Crippen LogP contribution in [-0.2, 0) is 19.9 Å². The highest BCUT2D eigenvalue weighted by atomic mass is 32.1. The third-order valence-corrected chi connectivity index (χ3v) is 4.57. The number of nitro groups is 1. The van der Waals surface area contributed by atoms with Crippen molar-refractivity contribution in [3.05, 3.63) is 38.6 Å². The van der Waals surface area contributed by atoms with Gasteiger partial charge in [-0.15, -0.1) is 11.3 Å². The van der Waals surface area contributed by atoms with Crippen LogP contribution in [0.4, 0.5) is 10.8 Å². The number of anilines is 1. The van der Waals surface area contributed by atoms with Gasteiger partial charge < -0.3 is 4.57 Å². The van der Waals surface area contributed by atoms with E-state index in [2.05, 4.69) is 10.3 Å². The van der Waals surface area contributed by atoms with Crippen molar-refractivity contribution in [2.24, 2.45) is 7.05 Å². The van der Waals surface area contributed by atoms with Gasteiger partial charge in [-0.3, -0.25) is 20.2 Å². The van der Waals surface area contributed by atoms with E-state index < -0.39 is 4.92 Å². The third-order valence-electron chi connectivity index (χ3n) is 3.50. The molecule has 1 N–H and O–H groups in total. The minimum Gasteiger partial charge on any atom is -0.340 e. The zero-order valence-corrected chi connectivity index (χ0v) is 12.3. The molecular weight excluding hydrogens is 292 g/mol. The van der Waals surface area contributed by atoms with E-state index in [-0.39, 0.29) is 17.3 Å². The highest BCUT2D eigenvalue weighted by Gasteiger charge is 2.20. The highest BCUT2D eigenvalue weighted by molar-refractivity contribution is 7.15. The molecule has 0 saturated carbocycles. The summed E-state index contributed by atoms with van der Waals surface area (Å²) in [5.41, 5.74) is 1.22. The quantitative estimate of drug-likeness (QED) is 0.697. The van der Waals surface area contributed by atoms with Gasteiger partial charge in [-0.25, -0.2) is 4.98 Å². The number of aromatic nitrogens is 2. The molecule has 0 radical (unpaired) electrons. The summed E-state index contributed by atoms with van der Waals surface area (Å²) in [5, 5.41) is 14.0. The molecule has 0 fully saturated rings. The lowest BCUT2D eigenvalue weighted by atomic mass is 10.0. The van der Waals surface area contributed by atoms with Crippen LogP contribution in [0.3, 0.4) is 0 Å². The van der Waals surface area contributed by atoms with Crippen LogP contribution in [0.15, 0.2) is 12.3 Å². The van der Waals surface area contributed by atoms with E-state index in [1.807, 2.05) is 0 Å². The summed E-state index contributed by atoms with van der Waals surface area (Å²) in [6.45, 7) is 0. The smallest absolute Gasteiger partial charge is 0.287 e. The van der Waals surface area contributed by atoms with Crippen molar-refractivity contribution < 1.29 is 9.72 Å². The number of nitrogens with zero attached hydrogens (tertiary/aromatic N) is 3. The first-order valence-electron chi connectivity index (χ1n) is 6.65. The van der Waals surface area contributed by atoms with E-state index >= 15 is 0 Å². The molecule has 0 aromatic carbocycles. The standard InChI is InChI=1S/C13H14N4O3S/c1-16-7-8(17(19)20)6-10(16)12(18)15-13-14-9-4-2-3-5-11(9)21-13/h6-7H,2-5H2,1H3,(H,14,15,18). The molecule has 110 valence electrons. The van der Waals surface area contributed by atoms with Crippen molar-refractivity contribution in [1.29, 1.82) is 0 Å². The molecule has 1 amide bonds. The van der Waals surface area contributed by atoms with Crippen molar-refractivity contribution in [1.82, 2.24) is 9.55 Å². The van der Waals surface area contributed by atoms with Gasteiger partial charge in [-0.05, 0) is 25.7 Å². The van der Waals surface area contributed by atoms with Gasteiger partial charge in [0.1, 0.15) is 5.69 Å². The number of aryl methyl sites for hydroxylation is 3. The average Bonchev–Trinajstić information content (AvgIpc) is 3.01. The first-order valence-corrected chi connectivity index (χ1v) is 7.47. The molecule has 0 bridgehead atoms. The normalized spacial score (nSPS) is 13.8. The number of rotatable bonds is 3. The second-order valence-corrected chi connectivity index (χ2v) is 6.09. The topological polar surface area (TPSA) is 90.1 Å². The second kappa shape index (κ2) is 5.28. The summed E-state index contributed by atoms with van der Waals surface area (Å²) >= 11 is 1.49. The zero-order chi connectivity index (χ0) is 15.0. The van der Waals surface area contributed by atoms with Crippen LogP contribution in [0.1, 0.15) is 33.9 Å². The number of nitrogens with one attached hydrogen (secondary N) is 1. The molecule has 0 aliphatic heterocycles. The van der Waals surface area contributed by atoms with E-state index in [1.54, 1.807) is 7.05 Å². The third kappa shape index (κ3) is 2.66. The van der Waals surface area contributed by atoms with Crippen LogP contribution in [0, 0.1) is 10.1 Å². The van der Waals surface area contributed by atoms with Gasteiger partial charge in [0.2, 0.25) is 0 Å². The van der Waals surface area contributed by atoms with Gasteiger partial charge in [-0.1, -0.05) is 0 Å². The van der Waals surface area contributed by atoms with E-state index in [1.165, 1.54) is 33.0 Å². The molecular formula is C13H14N4O3S. The molecule has 3 rings (SSSR count). The molecule has 2 aromatic heterocycles. The Labute approximate surface area is 124 Å². The Bertz CT molecular complexity index is 696. The Morgan fingerprint density at radius 2 is 2.24 bits per heavy atom. The van der Waals surface area contributed by atoms with E-state index in [0.717, 1.165) is 31.4 Å². The Morgan fingerprint density at radius 1 is 1.48 bits per heavy atom. The maximum absolute atomic E-state index is 12.2. The first-order chi connectivity index (χ1) is 10.0. The predicted octanol–water partition coefficient (Wildman–Crippen LogP) is 2.52. The molecule has 7 nitrogen and oxygen atoms in total. The summed E-state index contributed by atoms with van der Waals surface area (Å²) in [4.78, 5) is 28.1. The average molecular weight is 306 g/mol. The highest BCUT2D eigenvalue weighted by Crippen LogP contribution is 2.30. The number of thiazole rings is 1. The predicted molar refractivity (Wildman–Crippen MR) is 78.8 cm³/mol. The van der Waals surface area contributed by atoms with Crippen LogP contribution in [0.2, 0.25) is 0 Å². The molecule has 2 heterocycles. The first kappa shape index (κ1) is 13.7. The summed E-state index contributed by atoms with van der Waals surface area (Å²) in [6, 6.07) is 1.27. The Balaban J connectivity index is 1.80. The maximum atomic E-state index is 12.2. The number of fused-ring (bicyclic) bond motifs is 1. The largest absolute Gasteiger partial charge is 0.340 e. The molecule has 2 aromatic rings. The van der Waals surface area contributed by atoms with Crippen molar-refractivity contribution in [2.75, 3.05) is 5.32 Å². The summed E-state index contributed by atoms with van der Waals surface area (Å²) < 4.78 is 1.45. The van der Waals surface area contributed by atoms with Gasteiger partial charge in [0.25, 0.3) is 11.6 Å². The van der Waals surface area contributed by atoms with E-state index in [9.17, 15) is 14.9 Å². The molecule has 0 saturated heterocycles. The minimum atomic E-state index is -0.515. The minimum absolute atomic E-state index is 0.0962. The fourth-order valence-electron chi connectivity index (χ4n) is 2.44. The van der Waals surface area contributed by atoms with Crippen LogP contribution in [0.5, 0.6) is 0 Å². The zero-order valence-electron chi connectivity index (χ0n) is 11.5. The number of carbonyl (C=O) groups excluding carboxylic acids is 1. The summed E-state index contributed by atoms with van der Waals surface area (Å²) in [6.07, 6.45) is 5.58. The Hall–Kier alpha value is -2.22. The number of hydrogen-bond donors (Lipinski definition) is 1. The van der Waals surface area contributed by atoms with Crippen LogP contribution < -0.4 is 5.32 Å². The number of hydrogen-bond acceptors (Lipinski definition) is 5. The molecule has 0 atom stereocenters. The van der Waals surface area contributed by atoms with Crippen molar-refractivity contribution >= 4 is 28.1 Å². The second-order valence-electron chi connectivity index (χ2n) is 5.00. The molecule has 0 unspecified atom stereocenters. The van der Waals surface area contributed by atoms with Crippen LogP contribution >= 0.6 is 11.3 Å². The maximum Gasteiger partial charge on any atom is 0.287 e. The lowest BCUT2D eigenvalue weighted by molar-refractivity contribution is -0.384. The van der Waals surface area contributed by atoms with Gasteiger partial charge in [0.05, 0.1) is 16.8 Å². The Kier molecular flexibility index (Phi) is 3.46. The molecule has 1 aliphatic rings. The summed E-state index contributed by atoms with van der Waals surface area (Å²) in [7, 11) is 1.61. The SMILES string of the molecule is Cn1cc([N+](=O)[O-])cc1C(=O)Nc1nc2c(s1)CCCC2. The van der Waals surface area contributed by atoms with Crippen molar-refractivity contribution in [2.45, 2.75) is 25.7 Å². The van der Waals surface area contributed by atoms with E-state index in [0.29, 0.717) is 5.13 Å². The van der Waals surface area contributed by atoms with Gasteiger partial charge >= 0.3 is 0 Å². The molecule has 21 heavy (non-hydrogen) atoms. The monoisotopic (exact) mass is 306 g/mol. The van der Waals surface area contributed by atoms with Crippen molar-refractivity contribution in [3.8, 4) is 0 Å². The molecule has 0 spiro atoms. The van der Waals surface area contributed by atoms with E-state index in [4.69, 9.17) is 0 Å². The summed E-state index contributed by atoms with van der Waals surface area (Å²) in [5.74, 6) is -0.378. The van der Waals surface area contributed by atoms with Crippen LogP contribution in [-0.4, -0.2) is 20.4 Å². The fourth-order valence-corrected chi connectivity index (χ4v) is 3.48. The van der Waals surface area contributed by atoms with Crippen molar-refractivity contribution in [3.63, 3.8) is 0 Å². The molecule has 8 heteroatoms.